The van der Waals surface area contributed by atoms with Gasteiger partial charge in [0, 0.05) is 11.7 Å². The number of nitrogens with one attached hydrogen (secondary N) is 1. The number of aryl methyl sites for hydroxylation is 1. The molecule has 0 amide bonds. The highest BCUT2D eigenvalue weighted by atomic mass is 15.5. The highest BCUT2D eigenvalue weighted by molar-refractivity contribution is 5.55. The van der Waals surface area contributed by atoms with E-state index in [1.54, 1.807) is 11.0 Å². The van der Waals surface area contributed by atoms with Gasteiger partial charge in [-0.05, 0) is 60.2 Å². The van der Waals surface area contributed by atoms with E-state index in [9.17, 15) is 0 Å². The van der Waals surface area contributed by atoms with Gasteiger partial charge in [-0.2, -0.15) is 0 Å². The summed E-state index contributed by atoms with van der Waals surface area (Å²) in [7, 11) is 0. The second kappa shape index (κ2) is 4.33. The molecule has 0 bridgehead atoms. The maximum atomic E-state index is 3.96. The molecule has 5 heteroatoms. The molecule has 3 rings (SSSR count). The first-order valence-corrected chi connectivity index (χ1v) is 6.69. The van der Waals surface area contributed by atoms with Crippen molar-refractivity contribution in [1.82, 2.24) is 20.2 Å². The van der Waals surface area contributed by atoms with Gasteiger partial charge in [0.1, 0.15) is 6.33 Å². The van der Waals surface area contributed by atoms with Gasteiger partial charge in [0.05, 0.1) is 5.69 Å². The van der Waals surface area contributed by atoms with E-state index in [1.165, 1.54) is 12.8 Å². The molecule has 2 aromatic rings. The number of hydrogen-bond donors (Lipinski definition) is 1. The highest BCUT2D eigenvalue weighted by Gasteiger charge is 2.42. The van der Waals surface area contributed by atoms with Crippen LogP contribution in [0.4, 0.5) is 5.69 Å². The lowest BCUT2D eigenvalue weighted by Gasteiger charge is -2.22. The minimum Gasteiger partial charge on any atom is -0.382 e. The zero-order chi connectivity index (χ0) is 13.5. The lowest BCUT2D eigenvalue weighted by Crippen LogP contribution is -2.24. The summed E-state index contributed by atoms with van der Waals surface area (Å²) in [4.78, 5) is 0. The molecule has 5 nitrogen and oxygen atoms in total. The first-order valence-electron chi connectivity index (χ1n) is 6.69. The standard InChI is InChI=1S/C14H19N5/c1-10-4-5-12(16-11(2)14(3)6-7-14)8-13(10)19-9-15-17-18-19/h4-5,8-9,11,16H,6-7H2,1-3H3. The van der Waals surface area contributed by atoms with Gasteiger partial charge < -0.3 is 5.32 Å². The van der Waals surface area contributed by atoms with Crippen LogP contribution in [0.3, 0.4) is 0 Å². The quantitative estimate of drug-likeness (QED) is 0.914. The fourth-order valence-corrected chi connectivity index (χ4v) is 2.27. The van der Waals surface area contributed by atoms with Crippen LogP contribution in [0.25, 0.3) is 5.69 Å². The predicted octanol–water partition coefficient (Wildman–Crippen LogP) is 2.57. The molecule has 0 aliphatic heterocycles. The number of hydrogen-bond acceptors (Lipinski definition) is 4. The Labute approximate surface area is 113 Å². The van der Waals surface area contributed by atoms with E-state index in [4.69, 9.17) is 0 Å². The molecule has 0 radical (unpaired) electrons. The minimum absolute atomic E-state index is 0.458. The average molecular weight is 257 g/mol. The van der Waals surface area contributed by atoms with Gasteiger partial charge in [0.2, 0.25) is 0 Å². The van der Waals surface area contributed by atoms with Crippen molar-refractivity contribution in [3.63, 3.8) is 0 Å². The number of tetrazole rings is 1. The largest absolute Gasteiger partial charge is 0.382 e. The molecule has 1 fully saturated rings. The van der Waals surface area contributed by atoms with Crippen LogP contribution in [0.15, 0.2) is 24.5 Å². The van der Waals surface area contributed by atoms with Gasteiger partial charge in [-0.3, -0.25) is 0 Å². The maximum Gasteiger partial charge on any atom is 0.143 e. The Morgan fingerprint density at radius 3 is 2.79 bits per heavy atom. The van der Waals surface area contributed by atoms with E-state index in [0.717, 1.165) is 16.9 Å². The van der Waals surface area contributed by atoms with E-state index < -0.39 is 0 Å². The van der Waals surface area contributed by atoms with Crippen LogP contribution in [-0.2, 0) is 0 Å². The zero-order valence-electron chi connectivity index (χ0n) is 11.6. The Balaban J connectivity index is 1.85. The second-order valence-corrected chi connectivity index (χ2v) is 5.78. The molecule has 100 valence electrons. The van der Waals surface area contributed by atoms with Crippen LogP contribution < -0.4 is 5.32 Å². The first-order chi connectivity index (χ1) is 9.08. The topological polar surface area (TPSA) is 55.6 Å². The van der Waals surface area contributed by atoms with Gasteiger partial charge in [-0.15, -0.1) is 5.10 Å². The average Bonchev–Trinajstić information content (AvgIpc) is 2.93. The summed E-state index contributed by atoms with van der Waals surface area (Å²) < 4.78 is 1.70. The molecule has 1 aliphatic rings. The molecule has 1 N–H and O–H groups in total. The number of benzene rings is 1. The molecule has 1 aromatic carbocycles. The first kappa shape index (κ1) is 12.1. The van der Waals surface area contributed by atoms with Crippen molar-refractivity contribution in [2.45, 2.75) is 39.7 Å². The molecule has 1 saturated carbocycles. The molecule has 1 aliphatic carbocycles. The molecule has 0 saturated heterocycles. The number of aromatic nitrogens is 4. The van der Waals surface area contributed by atoms with Gasteiger partial charge >= 0.3 is 0 Å². The van der Waals surface area contributed by atoms with Gasteiger partial charge in [-0.1, -0.05) is 13.0 Å². The van der Waals surface area contributed by atoms with E-state index in [-0.39, 0.29) is 0 Å². The van der Waals surface area contributed by atoms with Crippen LogP contribution in [0.5, 0.6) is 0 Å². The lowest BCUT2D eigenvalue weighted by atomic mass is 10.0. The van der Waals surface area contributed by atoms with Crippen molar-refractivity contribution < 1.29 is 0 Å². The van der Waals surface area contributed by atoms with Crippen LogP contribution in [0.2, 0.25) is 0 Å². The molecular weight excluding hydrogens is 238 g/mol. The van der Waals surface area contributed by atoms with Crippen molar-refractivity contribution in [3.8, 4) is 5.69 Å². The summed E-state index contributed by atoms with van der Waals surface area (Å²) in [5, 5.41) is 14.9. The Kier molecular flexibility index (Phi) is 2.77. The molecule has 1 aromatic heterocycles. The van der Waals surface area contributed by atoms with E-state index in [1.807, 2.05) is 0 Å². The van der Waals surface area contributed by atoms with Crippen molar-refractivity contribution in [3.05, 3.63) is 30.1 Å². The van der Waals surface area contributed by atoms with E-state index in [0.29, 0.717) is 11.5 Å². The Morgan fingerprint density at radius 1 is 1.37 bits per heavy atom. The summed E-state index contributed by atoms with van der Waals surface area (Å²) in [6.07, 6.45) is 4.25. The Morgan fingerprint density at radius 2 is 2.16 bits per heavy atom. The van der Waals surface area contributed by atoms with Crippen LogP contribution in [0, 0.1) is 12.3 Å². The fourth-order valence-electron chi connectivity index (χ4n) is 2.27. The van der Waals surface area contributed by atoms with Crippen LogP contribution in [-0.4, -0.2) is 26.2 Å². The van der Waals surface area contributed by atoms with Crippen LogP contribution in [0.1, 0.15) is 32.3 Å². The van der Waals surface area contributed by atoms with E-state index in [2.05, 4.69) is 59.8 Å². The monoisotopic (exact) mass is 257 g/mol. The molecule has 1 unspecified atom stereocenters. The van der Waals surface area contributed by atoms with Crippen molar-refractivity contribution in [1.29, 1.82) is 0 Å². The maximum absolute atomic E-state index is 3.96. The second-order valence-electron chi connectivity index (χ2n) is 5.78. The zero-order valence-corrected chi connectivity index (χ0v) is 11.6. The van der Waals surface area contributed by atoms with Gasteiger partial charge in [0.15, 0.2) is 0 Å². The normalized spacial score (nSPS) is 18.1. The number of rotatable bonds is 4. The smallest absolute Gasteiger partial charge is 0.143 e. The molecule has 0 spiro atoms. The fraction of sp³-hybridized carbons (Fsp3) is 0.500. The van der Waals surface area contributed by atoms with Crippen molar-refractivity contribution in [2.75, 3.05) is 5.32 Å². The lowest BCUT2D eigenvalue weighted by molar-refractivity contribution is 0.493. The molecular formula is C14H19N5. The van der Waals surface area contributed by atoms with Gasteiger partial charge in [-0.25, -0.2) is 4.68 Å². The minimum atomic E-state index is 0.458. The Hall–Kier alpha value is -1.91. The summed E-state index contributed by atoms with van der Waals surface area (Å²) >= 11 is 0. The predicted molar refractivity (Wildman–Crippen MR) is 74.3 cm³/mol. The molecule has 19 heavy (non-hydrogen) atoms. The highest BCUT2D eigenvalue weighted by Crippen LogP contribution is 2.48. The van der Waals surface area contributed by atoms with E-state index >= 15 is 0 Å². The van der Waals surface area contributed by atoms with Crippen LogP contribution >= 0.6 is 0 Å². The third kappa shape index (κ3) is 2.32. The number of anilines is 1. The van der Waals surface area contributed by atoms with Gasteiger partial charge in [0.25, 0.3) is 0 Å². The third-order valence-corrected chi connectivity index (χ3v) is 4.27. The SMILES string of the molecule is Cc1ccc(NC(C)C2(C)CC2)cc1-n1cnnn1. The summed E-state index contributed by atoms with van der Waals surface area (Å²) in [5.41, 5.74) is 3.75. The molecule has 1 atom stereocenters. The summed E-state index contributed by atoms with van der Waals surface area (Å²) in [6.45, 7) is 6.65. The summed E-state index contributed by atoms with van der Waals surface area (Å²) in [6, 6.07) is 6.80. The summed E-state index contributed by atoms with van der Waals surface area (Å²) in [5.74, 6) is 0. The molecule has 1 heterocycles. The number of nitrogens with zero attached hydrogens (tertiary/aromatic N) is 4. The van der Waals surface area contributed by atoms with Crippen molar-refractivity contribution >= 4 is 5.69 Å². The third-order valence-electron chi connectivity index (χ3n) is 4.27. The Bertz CT molecular complexity index is 572. The van der Waals surface area contributed by atoms with Crippen molar-refractivity contribution in [2.24, 2.45) is 5.41 Å².